The summed E-state index contributed by atoms with van der Waals surface area (Å²) in [6.45, 7) is 6.39. The Morgan fingerprint density at radius 2 is 1.46 bits per heavy atom. The SMILES string of the molecule is CCOc1ccccc1NC(=O)C(=O)Nc1ccccc1C(C)C. The van der Waals surface area contributed by atoms with E-state index in [0.29, 0.717) is 23.7 Å². The Labute approximate surface area is 142 Å². The van der Waals surface area contributed by atoms with Crippen molar-refractivity contribution in [3.05, 3.63) is 54.1 Å². The molecule has 2 aromatic carbocycles. The maximum Gasteiger partial charge on any atom is 0.314 e. The van der Waals surface area contributed by atoms with E-state index in [9.17, 15) is 9.59 Å². The van der Waals surface area contributed by atoms with Crippen molar-refractivity contribution < 1.29 is 14.3 Å². The Morgan fingerprint density at radius 3 is 2.08 bits per heavy atom. The Hall–Kier alpha value is -2.82. The summed E-state index contributed by atoms with van der Waals surface area (Å²) >= 11 is 0. The number of para-hydroxylation sites is 3. The number of carbonyl (C=O) groups excluding carboxylic acids is 2. The average Bonchev–Trinajstić information content (AvgIpc) is 2.57. The standard InChI is InChI=1S/C19H22N2O3/c1-4-24-17-12-8-7-11-16(17)21-19(23)18(22)20-15-10-6-5-9-14(15)13(2)3/h5-13H,4H2,1-3H3,(H,20,22)(H,21,23). The molecule has 0 radical (unpaired) electrons. The lowest BCUT2D eigenvalue weighted by molar-refractivity contribution is -0.133. The van der Waals surface area contributed by atoms with Gasteiger partial charge in [0.1, 0.15) is 5.75 Å². The van der Waals surface area contributed by atoms with Crippen LogP contribution >= 0.6 is 0 Å². The van der Waals surface area contributed by atoms with Crippen LogP contribution in [0.4, 0.5) is 11.4 Å². The Balaban J connectivity index is 2.10. The minimum Gasteiger partial charge on any atom is -0.492 e. The van der Waals surface area contributed by atoms with Gasteiger partial charge in [0.05, 0.1) is 12.3 Å². The molecular formula is C19H22N2O3. The quantitative estimate of drug-likeness (QED) is 0.822. The van der Waals surface area contributed by atoms with Gasteiger partial charge in [0.25, 0.3) is 0 Å². The van der Waals surface area contributed by atoms with E-state index in [-0.39, 0.29) is 5.92 Å². The molecule has 2 aromatic rings. The molecule has 0 aliphatic carbocycles. The van der Waals surface area contributed by atoms with E-state index in [1.165, 1.54) is 0 Å². The zero-order chi connectivity index (χ0) is 17.5. The summed E-state index contributed by atoms with van der Waals surface area (Å²) in [5.74, 6) is -0.679. The van der Waals surface area contributed by atoms with E-state index in [0.717, 1.165) is 5.56 Å². The predicted octanol–water partition coefficient (Wildman–Crippen LogP) is 3.79. The van der Waals surface area contributed by atoms with Crippen LogP contribution in [0.2, 0.25) is 0 Å². The van der Waals surface area contributed by atoms with Crippen molar-refractivity contribution >= 4 is 23.2 Å². The first kappa shape index (κ1) is 17.5. The van der Waals surface area contributed by atoms with Gasteiger partial charge in [-0.2, -0.15) is 0 Å². The van der Waals surface area contributed by atoms with Crippen molar-refractivity contribution in [2.24, 2.45) is 0 Å². The number of ether oxygens (including phenoxy) is 1. The zero-order valence-electron chi connectivity index (χ0n) is 14.1. The summed E-state index contributed by atoms with van der Waals surface area (Å²) in [6, 6.07) is 14.5. The van der Waals surface area contributed by atoms with Crippen LogP contribution in [0.25, 0.3) is 0 Å². The molecule has 0 heterocycles. The molecule has 2 amide bonds. The van der Waals surface area contributed by atoms with Crippen molar-refractivity contribution in [3.63, 3.8) is 0 Å². The van der Waals surface area contributed by atoms with Crippen molar-refractivity contribution in [3.8, 4) is 5.75 Å². The van der Waals surface area contributed by atoms with Crippen LogP contribution in [-0.4, -0.2) is 18.4 Å². The van der Waals surface area contributed by atoms with Gasteiger partial charge in [0, 0.05) is 5.69 Å². The normalized spacial score (nSPS) is 10.3. The lowest BCUT2D eigenvalue weighted by atomic mass is 10.0. The van der Waals surface area contributed by atoms with Gasteiger partial charge in [-0.3, -0.25) is 9.59 Å². The van der Waals surface area contributed by atoms with Gasteiger partial charge in [-0.15, -0.1) is 0 Å². The van der Waals surface area contributed by atoms with Crippen LogP contribution in [0.1, 0.15) is 32.3 Å². The van der Waals surface area contributed by atoms with Crippen LogP contribution in [0.5, 0.6) is 5.75 Å². The number of anilines is 2. The van der Waals surface area contributed by atoms with Crippen molar-refractivity contribution in [2.45, 2.75) is 26.7 Å². The number of nitrogens with one attached hydrogen (secondary N) is 2. The van der Waals surface area contributed by atoms with Crippen LogP contribution in [-0.2, 0) is 9.59 Å². The van der Waals surface area contributed by atoms with Crippen LogP contribution in [0.3, 0.4) is 0 Å². The van der Waals surface area contributed by atoms with E-state index < -0.39 is 11.8 Å². The van der Waals surface area contributed by atoms with E-state index >= 15 is 0 Å². The van der Waals surface area contributed by atoms with Gasteiger partial charge in [-0.1, -0.05) is 44.2 Å². The maximum atomic E-state index is 12.2. The summed E-state index contributed by atoms with van der Waals surface area (Å²) in [5, 5.41) is 5.26. The van der Waals surface area contributed by atoms with Gasteiger partial charge in [0.15, 0.2) is 0 Å². The molecule has 2 rings (SSSR count). The molecule has 0 aromatic heterocycles. The second kappa shape index (κ2) is 8.15. The fourth-order valence-corrected chi connectivity index (χ4v) is 2.32. The molecule has 24 heavy (non-hydrogen) atoms. The van der Waals surface area contributed by atoms with Crippen molar-refractivity contribution in [1.29, 1.82) is 0 Å². The second-order valence-corrected chi connectivity index (χ2v) is 5.58. The van der Waals surface area contributed by atoms with E-state index in [2.05, 4.69) is 10.6 Å². The third kappa shape index (κ3) is 4.35. The molecule has 0 atom stereocenters. The van der Waals surface area contributed by atoms with Crippen LogP contribution in [0.15, 0.2) is 48.5 Å². The lowest BCUT2D eigenvalue weighted by Gasteiger charge is -2.14. The number of hydrogen-bond acceptors (Lipinski definition) is 3. The van der Waals surface area contributed by atoms with Gasteiger partial charge >= 0.3 is 11.8 Å². The molecule has 0 saturated heterocycles. The molecule has 0 aliphatic heterocycles. The van der Waals surface area contributed by atoms with E-state index in [1.54, 1.807) is 30.3 Å². The summed E-state index contributed by atoms with van der Waals surface area (Å²) < 4.78 is 5.44. The Bertz CT molecular complexity index is 726. The Kier molecular flexibility index (Phi) is 5.95. The fourth-order valence-electron chi connectivity index (χ4n) is 2.32. The van der Waals surface area contributed by atoms with Gasteiger partial charge in [0.2, 0.25) is 0 Å². The highest BCUT2D eigenvalue weighted by molar-refractivity contribution is 6.43. The summed E-state index contributed by atoms with van der Waals surface area (Å²) in [5.41, 5.74) is 2.09. The monoisotopic (exact) mass is 326 g/mol. The number of hydrogen-bond donors (Lipinski definition) is 2. The highest BCUT2D eigenvalue weighted by atomic mass is 16.5. The topological polar surface area (TPSA) is 67.4 Å². The molecule has 0 unspecified atom stereocenters. The van der Waals surface area contributed by atoms with Gasteiger partial charge < -0.3 is 15.4 Å². The van der Waals surface area contributed by atoms with Crippen molar-refractivity contribution in [2.75, 3.05) is 17.2 Å². The summed E-state index contributed by atoms with van der Waals surface area (Å²) in [4.78, 5) is 24.4. The number of rotatable bonds is 5. The highest BCUT2D eigenvalue weighted by Crippen LogP contribution is 2.25. The third-order valence-corrected chi connectivity index (χ3v) is 3.47. The molecule has 0 spiro atoms. The number of carbonyl (C=O) groups is 2. The first-order chi connectivity index (χ1) is 11.5. The molecule has 5 nitrogen and oxygen atoms in total. The van der Waals surface area contributed by atoms with E-state index in [1.807, 2.05) is 39.0 Å². The fraction of sp³-hybridized carbons (Fsp3) is 0.263. The molecule has 0 fully saturated rings. The molecule has 0 bridgehead atoms. The zero-order valence-corrected chi connectivity index (χ0v) is 14.1. The second-order valence-electron chi connectivity index (χ2n) is 5.58. The Morgan fingerprint density at radius 1 is 0.917 bits per heavy atom. The largest absolute Gasteiger partial charge is 0.492 e. The number of amides is 2. The molecule has 0 aliphatic rings. The summed E-state index contributed by atoms with van der Waals surface area (Å²) in [7, 11) is 0. The molecular weight excluding hydrogens is 304 g/mol. The minimum absolute atomic E-state index is 0.239. The summed E-state index contributed by atoms with van der Waals surface area (Å²) in [6.07, 6.45) is 0. The molecule has 5 heteroatoms. The molecule has 126 valence electrons. The predicted molar refractivity (Wildman–Crippen MR) is 95.4 cm³/mol. The molecule has 0 saturated carbocycles. The van der Waals surface area contributed by atoms with Gasteiger partial charge in [-0.25, -0.2) is 0 Å². The molecule has 2 N–H and O–H groups in total. The lowest BCUT2D eigenvalue weighted by Crippen LogP contribution is -2.29. The van der Waals surface area contributed by atoms with Crippen molar-refractivity contribution in [1.82, 2.24) is 0 Å². The van der Waals surface area contributed by atoms with Gasteiger partial charge in [-0.05, 0) is 36.6 Å². The first-order valence-electron chi connectivity index (χ1n) is 7.96. The smallest absolute Gasteiger partial charge is 0.314 e. The first-order valence-corrected chi connectivity index (χ1v) is 7.96. The maximum absolute atomic E-state index is 12.2. The number of benzene rings is 2. The minimum atomic E-state index is -0.735. The van der Waals surface area contributed by atoms with E-state index in [4.69, 9.17) is 4.74 Å². The average molecular weight is 326 g/mol. The third-order valence-electron chi connectivity index (χ3n) is 3.47. The van der Waals surface area contributed by atoms with Crippen LogP contribution in [0, 0.1) is 0 Å². The highest BCUT2D eigenvalue weighted by Gasteiger charge is 2.17. The van der Waals surface area contributed by atoms with Crippen LogP contribution < -0.4 is 15.4 Å².